The average molecular weight is 251 g/mol. The van der Waals surface area contributed by atoms with Crippen LogP contribution in [0, 0.1) is 10.1 Å². The summed E-state index contributed by atoms with van der Waals surface area (Å²) in [5.74, 6) is 0. The van der Waals surface area contributed by atoms with Crippen LogP contribution in [-0.2, 0) is 11.0 Å². The van der Waals surface area contributed by atoms with E-state index in [1.54, 1.807) is 24.3 Å². The molecule has 6 nitrogen and oxygen atoms in total. The Balaban J connectivity index is 2.74. The van der Waals surface area contributed by atoms with E-state index in [0.717, 1.165) is 6.20 Å². The average Bonchev–Trinajstić information content (AvgIpc) is 2.28. The number of para-hydroxylation sites is 1. The topological polar surface area (TPSA) is 85.1 Å². The van der Waals surface area contributed by atoms with Gasteiger partial charge in [0.05, 0.1) is 10.4 Å². The molecule has 0 saturated carbocycles. The highest BCUT2D eigenvalue weighted by Gasteiger charge is 2.18. The van der Waals surface area contributed by atoms with Crippen LogP contribution in [0.2, 0.25) is 0 Å². The first-order valence-electron chi connectivity index (χ1n) is 4.72. The predicted octanol–water partition coefficient (Wildman–Crippen LogP) is 1.85. The summed E-state index contributed by atoms with van der Waals surface area (Å²) in [5, 5.41) is 11.5. The van der Waals surface area contributed by atoms with Crippen LogP contribution in [-0.4, -0.2) is 20.4 Å². The Labute approximate surface area is 99.4 Å². The molecule has 2 rings (SSSR count). The fraction of sp³-hybridized carbons (Fsp3) is 0.100. The van der Waals surface area contributed by atoms with Gasteiger partial charge in [-0.1, -0.05) is 18.2 Å². The van der Waals surface area contributed by atoms with Gasteiger partial charge in [-0.25, -0.2) is 9.19 Å². The maximum absolute atomic E-state index is 11.2. The van der Waals surface area contributed by atoms with Gasteiger partial charge in [-0.3, -0.25) is 14.8 Å². The normalized spacial score (nSPS) is 12.3. The molecule has 17 heavy (non-hydrogen) atoms. The third-order valence-electron chi connectivity index (χ3n) is 2.20. The highest BCUT2D eigenvalue weighted by Crippen LogP contribution is 2.31. The fourth-order valence-corrected chi connectivity index (χ4v) is 2.02. The summed E-state index contributed by atoms with van der Waals surface area (Å²) in [6.45, 7) is 0. The van der Waals surface area contributed by atoms with Crippen LogP contribution < -0.4 is 4.72 Å². The Morgan fingerprint density at radius 1 is 1.41 bits per heavy atom. The molecule has 7 heteroatoms. The van der Waals surface area contributed by atoms with Crippen molar-refractivity contribution in [2.24, 2.45) is 0 Å². The number of hydrogen-bond acceptors (Lipinski definition) is 4. The lowest BCUT2D eigenvalue weighted by Gasteiger charge is -2.07. The minimum Gasteiger partial charge on any atom is -0.299 e. The maximum Gasteiger partial charge on any atom is 0.312 e. The molecule has 1 aromatic carbocycles. The standard InChI is InChI=1S/C10H9N3O3S/c1-17(16)12-10-7-4-2-3-5-8(7)11-6-9(10)13(14)15/h2-6H,1H3,(H,11,12). The van der Waals surface area contributed by atoms with E-state index in [1.807, 2.05) is 0 Å². The Kier molecular flexibility index (Phi) is 3.01. The van der Waals surface area contributed by atoms with E-state index in [-0.39, 0.29) is 11.4 Å². The lowest BCUT2D eigenvalue weighted by atomic mass is 10.2. The molecule has 88 valence electrons. The molecule has 0 fully saturated rings. The monoisotopic (exact) mass is 251 g/mol. The van der Waals surface area contributed by atoms with Gasteiger partial charge in [-0.2, -0.15) is 0 Å². The molecule has 0 spiro atoms. The molecule has 1 N–H and O–H groups in total. The van der Waals surface area contributed by atoms with Gasteiger partial charge in [0.1, 0.15) is 22.9 Å². The van der Waals surface area contributed by atoms with Crippen molar-refractivity contribution in [1.82, 2.24) is 4.98 Å². The van der Waals surface area contributed by atoms with Gasteiger partial charge >= 0.3 is 5.69 Å². The highest BCUT2D eigenvalue weighted by molar-refractivity contribution is 7.85. The van der Waals surface area contributed by atoms with Crippen molar-refractivity contribution in [3.63, 3.8) is 0 Å². The van der Waals surface area contributed by atoms with Crippen LogP contribution in [0.5, 0.6) is 0 Å². The van der Waals surface area contributed by atoms with Crippen LogP contribution in [0.1, 0.15) is 0 Å². The van der Waals surface area contributed by atoms with Crippen LogP contribution in [0.4, 0.5) is 11.4 Å². The van der Waals surface area contributed by atoms with E-state index in [0.29, 0.717) is 10.9 Å². The third kappa shape index (κ3) is 2.23. The summed E-state index contributed by atoms with van der Waals surface area (Å²) in [6.07, 6.45) is 2.58. The van der Waals surface area contributed by atoms with Gasteiger partial charge < -0.3 is 0 Å². The van der Waals surface area contributed by atoms with Crippen LogP contribution in [0.15, 0.2) is 30.5 Å². The number of nitrogens with one attached hydrogen (secondary N) is 1. The maximum atomic E-state index is 11.2. The van der Waals surface area contributed by atoms with Crippen molar-refractivity contribution in [3.8, 4) is 0 Å². The summed E-state index contributed by atoms with van der Waals surface area (Å²) in [7, 11) is -1.38. The smallest absolute Gasteiger partial charge is 0.299 e. The fourth-order valence-electron chi connectivity index (χ4n) is 1.52. The van der Waals surface area contributed by atoms with Crippen molar-refractivity contribution in [3.05, 3.63) is 40.6 Å². The van der Waals surface area contributed by atoms with Gasteiger partial charge in [0.2, 0.25) is 0 Å². The van der Waals surface area contributed by atoms with Crippen molar-refractivity contribution < 1.29 is 9.13 Å². The predicted molar refractivity (Wildman–Crippen MR) is 66.1 cm³/mol. The zero-order valence-corrected chi connectivity index (χ0v) is 9.73. The quantitative estimate of drug-likeness (QED) is 0.666. The third-order valence-corrected chi connectivity index (χ3v) is 2.69. The Hall–Kier alpha value is -2.02. The largest absolute Gasteiger partial charge is 0.312 e. The lowest BCUT2D eigenvalue weighted by molar-refractivity contribution is -0.384. The molecular formula is C10H9N3O3S. The Morgan fingerprint density at radius 3 is 2.76 bits per heavy atom. The van der Waals surface area contributed by atoms with E-state index in [2.05, 4.69) is 9.71 Å². The van der Waals surface area contributed by atoms with Crippen LogP contribution >= 0.6 is 0 Å². The summed E-state index contributed by atoms with van der Waals surface area (Å²) in [6, 6.07) is 6.97. The molecule has 1 heterocycles. The number of fused-ring (bicyclic) bond motifs is 1. The second kappa shape index (κ2) is 4.46. The first-order chi connectivity index (χ1) is 8.09. The molecule has 0 amide bonds. The summed E-state index contributed by atoms with van der Waals surface area (Å²) in [5.41, 5.74) is 0.673. The molecule has 0 aliphatic carbocycles. The molecule has 0 bridgehead atoms. The molecule has 2 aromatic rings. The lowest BCUT2D eigenvalue weighted by Crippen LogP contribution is -2.05. The van der Waals surface area contributed by atoms with Crippen molar-refractivity contribution >= 4 is 33.3 Å². The molecule has 1 aromatic heterocycles. The highest BCUT2D eigenvalue weighted by atomic mass is 32.2. The number of nitrogens with zero attached hydrogens (tertiary/aromatic N) is 2. The number of aromatic nitrogens is 1. The number of rotatable bonds is 3. The van der Waals surface area contributed by atoms with Crippen molar-refractivity contribution in [2.45, 2.75) is 0 Å². The second-order valence-electron chi connectivity index (χ2n) is 3.35. The van der Waals surface area contributed by atoms with Gasteiger partial charge in [0, 0.05) is 11.6 Å². The van der Waals surface area contributed by atoms with Gasteiger partial charge in [-0.15, -0.1) is 0 Å². The molecule has 0 aliphatic heterocycles. The number of nitro groups is 1. The molecule has 1 atom stereocenters. The number of pyridine rings is 1. The van der Waals surface area contributed by atoms with E-state index in [4.69, 9.17) is 0 Å². The number of anilines is 1. The summed E-state index contributed by atoms with van der Waals surface area (Å²) in [4.78, 5) is 14.3. The number of benzene rings is 1. The molecule has 0 radical (unpaired) electrons. The van der Waals surface area contributed by atoms with Gasteiger partial charge in [0.25, 0.3) is 0 Å². The van der Waals surface area contributed by atoms with E-state index < -0.39 is 15.9 Å². The van der Waals surface area contributed by atoms with Crippen molar-refractivity contribution in [1.29, 1.82) is 0 Å². The van der Waals surface area contributed by atoms with Gasteiger partial charge in [0.15, 0.2) is 0 Å². The molecular weight excluding hydrogens is 242 g/mol. The minimum atomic E-state index is -1.38. The SMILES string of the molecule is CS(=O)Nc1c([N+](=O)[O-])cnc2ccccc12. The Morgan fingerprint density at radius 2 is 2.12 bits per heavy atom. The first-order valence-corrected chi connectivity index (χ1v) is 6.27. The Bertz CT molecular complexity index is 615. The first kappa shape index (κ1) is 11.5. The second-order valence-corrected chi connectivity index (χ2v) is 4.46. The zero-order valence-electron chi connectivity index (χ0n) is 8.91. The minimum absolute atomic E-state index is 0.182. The molecule has 0 aliphatic rings. The molecule has 0 saturated heterocycles. The van der Waals surface area contributed by atoms with Gasteiger partial charge in [-0.05, 0) is 6.07 Å². The van der Waals surface area contributed by atoms with E-state index in [1.165, 1.54) is 6.26 Å². The van der Waals surface area contributed by atoms with Crippen molar-refractivity contribution in [2.75, 3.05) is 11.0 Å². The number of hydrogen-bond donors (Lipinski definition) is 1. The van der Waals surface area contributed by atoms with Crippen LogP contribution in [0.25, 0.3) is 10.9 Å². The van der Waals surface area contributed by atoms with E-state index >= 15 is 0 Å². The zero-order chi connectivity index (χ0) is 12.4. The summed E-state index contributed by atoms with van der Waals surface area (Å²) >= 11 is 0. The van der Waals surface area contributed by atoms with Crippen LogP contribution in [0.3, 0.4) is 0 Å². The molecule has 1 unspecified atom stereocenters. The van der Waals surface area contributed by atoms with E-state index in [9.17, 15) is 14.3 Å². The summed E-state index contributed by atoms with van der Waals surface area (Å²) < 4.78 is 13.8.